The summed E-state index contributed by atoms with van der Waals surface area (Å²) in [7, 11) is 0. The lowest BCUT2D eigenvalue weighted by atomic mass is 9.90. The highest BCUT2D eigenvalue weighted by Gasteiger charge is 2.35. The number of nitroso groups, excluding NO2 is 2. The van der Waals surface area contributed by atoms with Crippen molar-refractivity contribution in [2.45, 2.75) is 12.2 Å². The summed E-state index contributed by atoms with van der Waals surface area (Å²) in [5.74, 6) is 0. The molecular weight excluding hydrogens is 256 g/mol. The molecular formula is C11H18N2O6. The van der Waals surface area contributed by atoms with Crippen LogP contribution < -0.4 is 0 Å². The Hall–Kier alpha value is -0.960. The standard InChI is InChI=1S/C11H18N2O6/c14-12-5-11(6-13-15,7-16-1-9-3-18-9)8-17-2-10-4-19-10/h9-10H,1-8H2. The smallest absolute Gasteiger partial charge is 0.104 e. The summed E-state index contributed by atoms with van der Waals surface area (Å²) >= 11 is 0. The van der Waals surface area contributed by atoms with E-state index in [0.29, 0.717) is 26.4 Å². The van der Waals surface area contributed by atoms with E-state index in [0.717, 1.165) is 0 Å². The van der Waals surface area contributed by atoms with Crippen LogP contribution in [0.1, 0.15) is 0 Å². The first-order valence-corrected chi connectivity index (χ1v) is 6.25. The Morgan fingerprint density at radius 2 is 1.37 bits per heavy atom. The van der Waals surface area contributed by atoms with Crippen molar-refractivity contribution in [2.24, 2.45) is 15.8 Å². The number of hydrogen-bond donors (Lipinski definition) is 0. The lowest BCUT2D eigenvalue weighted by Crippen LogP contribution is -2.39. The van der Waals surface area contributed by atoms with E-state index in [2.05, 4.69) is 10.4 Å². The van der Waals surface area contributed by atoms with Gasteiger partial charge in [-0.25, -0.2) is 0 Å². The first-order valence-electron chi connectivity index (χ1n) is 6.25. The summed E-state index contributed by atoms with van der Waals surface area (Å²) in [6.45, 7) is 2.58. The average Bonchev–Trinajstić information content (AvgIpc) is 3.25. The molecule has 2 aliphatic heterocycles. The summed E-state index contributed by atoms with van der Waals surface area (Å²) in [6, 6.07) is 0. The minimum Gasteiger partial charge on any atom is -0.378 e. The molecule has 0 amide bonds. The highest BCUT2D eigenvalue weighted by atomic mass is 16.6. The second-order valence-electron chi connectivity index (χ2n) is 5.02. The Balaban J connectivity index is 1.78. The van der Waals surface area contributed by atoms with Gasteiger partial charge in [0.2, 0.25) is 0 Å². The molecule has 0 radical (unpaired) electrons. The Bertz CT molecular complexity index is 276. The number of rotatable bonds is 12. The maximum atomic E-state index is 10.6. The third kappa shape index (κ3) is 5.27. The van der Waals surface area contributed by atoms with Crippen LogP contribution in [-0.2, 0) is 18.9 Å². The van der Waals surface area contributed by atoms with Crippen LogP contribution in [-0.4, -0.2) is 64.9 Å². The molecule has 2 saturated heterocycles. The fraction of sp³-hybridized carbons (Fsp3) is 1.00. The van der Waals surface area contributed by atoms with E-state index in [1.165, 1.54) is 0 Å². The normalized spacial score (nSPS) is 25.1. The van der Waals surface area contributed by atoms with Crippen LogP contribution in [0.3, 0.4) is 0 Å². The Kier molecular flexibility index (Phi) is 5.32. The first-order chi connectivity index (χ1) is 9.28. The van der Waals surface area contributed by atoms with Gasteiger partial charge in [-0.2, -0.15) is 9.81 Å². The Morgan fingerprint density at radius 1 is 0.947 bits per heavy atom. The minimum atomic E-state index is -0.784. The van der Waals surface area contributed by atoms with Crippen LogP contribution in [0, 0.1) is 15.2 Å². The molecule has 2 fully saturated rings. The van der Waals surface area contributed by atoms with Crippen molar-refractivity contribution in [1.82, 2.24) is 0 Å². The highest BCUT2D eigenvalue weighted by molar-refractivity contribution is 4.85. The van der Waals surface area contributed by atoms with Gasteiger partial charge < -0.3 is 18.9 Å². The van der Waals surface area contributed by atoms with E-state index in [9.17, 15) is 9.81 Å². The van der Waals surface area contributed by atoms with Crippen molar-refractivity contribution in [1.29, 1.82) is 0 Å². The van der Waals surface area contributed by atoms with Crippen LogP contribution in [0.5, 0.6) is 0 Å². The number of hydrogen-bond acceptors (Lipinski definition) is 8. The van der Waals surface area contributed by atoms with E-state index in [-0.39, 0.29) is 38.5 Å². The predicted octanol–water partition coefficient (Wildman–Crippen LogP) is 0.336. The van der Waals surface area contributed by atoms with Crippen molar-refractivity contribution < 1.29 is 18.9 Å². The van der Waals surface area contributed by atoms with Crippen molar-refractivity contribution in [3.8, 4) is 0 Å². The second-order valence-corrected chi connectivity index (χ2v) is 5.02. The summed E-state index contributed by atoms with van der Waals surface area (Å²) in [5, 5.41) is 5.76. The van der Waals surface area contributed by atoms with E-state index in [4.69, 9.17) is 18.9 Å². The van der Waals surface area contributed by atoms with Gasteiger partial charge in [0.1, 0.15) is 12.2 Å². The minimum absolute atomic E-state index is 0.0597. The van der Waals surface area contributed by atoms with Crippen LogP contribution in [0.15, 0.2) is 10.4 Å². The van der Waals surface area contributed by atoms with Crippen molar-refractivity contribution in [2.75, 3.05) is 52.7 Å². The zero-order chi connectivity index (χ0) is 13.6. The van der Waals surface area contributed by atoms with Crippen LogP contribution in [0.25, 0.3) is 0 Å². The number of nitrogens with zero attached hydrogens (tertiary/aromatic N) is 2. The van der Waals surface area contributed by atoms with E-state index in [1.54, 1.807) is 0 Å². The van der Waals surface area contributed by atoms with Gasteiger partial charge in [0, 0.05) is 0 Å². The molecule has 0 aromatic rings. The molecule has 2 aliphatic rings. The summed E-state index contributed by atoms with van der Waals surface area (Å²) in [5.41, 5.74) is -0.784. The zero-order valence-corrected chi connectivity index (χ0v) is 10.7. The van der Waals surface area contributed by atoms with Crippen LogP contribution >= 0.6 is 0 Å². The molecule has 0 aromatic carbocycles. The van der Waals surface area contributed by atoms with Crippen LogP contribution in [0.4, 0.5) is 0 Å². The van der Waals surface area contributed by atoms with Gasteiger partial charge >= 0.3 is 0 Å². The Morgan fingerprint density at radius 3 is 1.68 bits per heavy atom. The zero-order valence-electron chi connectivity index (χ0n) is 10.7. The van der Waals surface area contributed by atoms with Crippen molar-refractivity contribution in [3.05, 3.63) is 9.81 Å². The van der Waals surface area contributed by atoms with E-state index >= 15 is 0 Å². The molecule has 108 valence electrons. The number of ether oxygens (including phenoxy) is 4. The maximum absolute atomic E-state index is 10.6. The van der Waals surface area contributed by atoms with Gasteiger partial charge in [0.15, 0.2) is 0 Å². The molecule has 0 N–H and O–H groups in total. The molecule has 2 heterocycles. The SMILES string of the molecule is O=NCC(CN=O)(COCC1CO1)COCC1CO1. The summed E-state index contributed by atoms with van der Waals surface area (Å²) in [6.07, 6.45) is 0.263. The molecule has 19 heavy (non-hydrogen) atoms. The molecule has 2 unspecified atom stereocenters. The lowest BCUT2D eigenvalue weighted by Gasteiger charge is -2.27. The van der Waals surface area contributed by atoms with Gasteiger partial charge in [0.25, 0.3) is 0 Å². The summed E-state index contributed by atoms with van der Waals surface area (Å²) in [4.78, 5) is 21.1. The van der Waals surface area contributed by atoms with E-state index in [1.807, 2.05) is 0 Å². The van der Waals surface area contributed by atoms with Gasteiger partial charge in [0.05, 0.1) is 58.1 Å². The monoisotopic (exact) mass is 274 g/mol. The lowest BCUT2D eigenvalue weighted by molar-refractivity contribution is -0.0194. The maximum Gasteiger partial charge on any atom is 0.104 e. The molecule has 0 spiro atoms. The fourth-order valence-corrected chi connectivity index (χ4v) is 1.69. The quantitative estimate of drug-likeness (QED) is 0.375. The molecule has 8 nitrogen and oxygen atoms in total. The van der Waals surface area contributed by atoms with Crippen LogP contribution in [0.2, 0.25) is 0 Å². The van der Waals surface area contributed by atoms with Gasteiger partial charge in [-0.3, -0.25) is 0 Å². The van der Waals surface area contributed by atoms with Crippen molar-refractivity contribution in [3.63, 3.8) is 0 Å². The molecule has 8 heteroatoms. The second kappa shape index (κ2) is 6.99. The van der Waals surface area contributed by atoms with E-state index < -0.39 is 5.41 Å². The molecule has 0 saturated carbocycles. The predicted molar refractivity (Wildman–Crippen MR) is 64.9 cm³/mol. The third-order valence-electron chi connectivity index (χ3n) is 3.03. The average molecular weight is 274 g/mol. The molecule has 0 aliphatic carbocycles. The van der Waals surface area contributed by atoms with Gasteiger partial charge in [-0.05, 0) is 0 Å². The van der Waals surface area contributed by atoms with Gasteiger partial charge in [-0.1, -0.05) is 10.4 Å². The number of epoxide rings is 2. The molecule has 0 aromatic heterocycles. The van der Waals surface area contributed by atoms with Crippen molar-refractivity contribution >= 4 is 0 Å². The third-order valence-corrected chi connectivity index (χ3v) is 3.03. The Labute approximate surface area is 110 Å². The summed E-state index contributed by atoms with van der Waals surface area (Å²) < 4.78 is 21.0. The largest absolute Gasteiger partial charge is 0.378 e. The molecule has 2 rings (SSSR count). The molecule has 2 atom stereocenters. The molecule has 0 bridgehead atoms. The fourth-order valence-electron chi connectivity index (χ4n) is 1.69. The highest BCUT2D eigenvalue weighted by Crippen LogP contribution is 2.22. The van der Waals surface area contributed by atoms with Gasteiger partial charge in [-0.15, -0.1) is 0 Å². The first kappa shape index (κ1) is 14.4. The topological polar surface area (TPSA) is 102 Å².